The molecule has 0 aliphatic heterocycles. The lowest BCUT2D eigenvalue weighted by atomic mass is 10.1. The molecule has 300 valence electrons. The average molecular weight is 742 g/mol. The molecule has 0 fully saturated rings. The summed E-state index contributed by atoms with van der Waals surface area (Å²) in [4.78, 5) is 26.1. The highest BCUT2D eigenvalue weighted by atomic mass is 32.2. The minimum atomic E-state index is -4.13. The third kappa shape index (κ3) is 40.9. The summed E-state index contributed by atoms with van der Waals surface area (Å²) in [6.45, 7) is 5.42. The summed E-state index contributed by atoms with van der Waals surface area (Å²) in [5, 5.41) is 0. The average Bonchev–Trinajstić information content (AvgIpc) is 3.10. The van der Waals surface area contributed by atoms with Gasteiger partial charge in [0.25, 0.3) is 10.1 Å². The highest BCUT2D eigenvalue weighted by molar-refractivity contribution is 7.85. The molecule has 0 radical (unpaired) electrons. The predicted molar refractivity (Wildman–Crippen MR) is 214 cm³/mol. The molecule has 0 amide bonds. The molecule has 0 atom stereocenters. The fourth-order valence-electron chi connectivity index (χ4n) is 5.98. The highest BCUT2D eigenvalue weighted by Gasteiger charge is 2.13. The first-order chi connectivity index (χ1) is 24.8. The molecule has 1 N–H and O–H groups in total. The van der Waals surface area contributed by atoms with Gasteiger partial charge in [0.1, 0.15) is 13.2 Å². The highest BCUT2D eigenvalue weighted by Crippen LogP contribution is 2.12. The second-order valence-corrected chi connectivity index (χ2v) is 15.8. The molecule has 0 unspecified atom stereocenters. The van der Waals surface area contributed by atoms with E-state index in [1.165, 1.54) is 116 Å². The van der Waals surface area contributed by atoms with Gasteiger partial charge in [-0.2, -0.15) is 8.42 Å². The van der Waals surface area contributed by atoms with Crippen molar-refractivity contribution in [1.82, 2.24) is 4.90 Å². The van der Waals surface area contributed by atoms with Gasteiger partial charge in [0.15, 0.2) is 0 Å². The van der Waals surface area contributed by atoms with Crippen molar-refractivity contribution in [3.05, 3.63) is 24.3 Å². The number of carbonyl (C=O) groups is 2. The number of rotatable bonds is 39. The summed E-state index contributed by atoms with van der Waals surface area (Å²) < 4.78 is 42.5. The van der Waals surface area contributed by atoms with E-state index in [9.17, 15) is 22.6 Å². The summed E-state index contributed by atoms with van der Waals surface area (Å²) in [5.41, 5.74) is 0. The molecule has 0 spiro atoms. The van der Waals surface area contributed by atoms with E-state index in [4.69, 9.17) is 9.47 Å². The van der Waals surface area contributed by atoms with Crippen molar-refractivity contribution in [2.45, 2.75) is 194 Å². The van der Waals surface area contributed by atoms with Crippen LogP contribution in [0.15, 0.2) is 24.3 Å². The summed E-state index contributed by atoms with van der Waals surface area (Å²) in [6.07, 6.45) is 41.2. The van der Waals surface area contributed by atoms with Crippen molar-refractivity contribution in [1.29, 1.82) is 0 Å². The van der Waals surface area contributed by atoms with Gasteiger partial charge in [-0.1, -0.05) is 141 Å². The summed E-state index contributed by atoms with van der Waals surface area (Å²) in [5.74, 6) is -0.943. The van der Waals surface area contributed by atoms with E-state index >= 15 is 0 Å². The van der Waals surface area contributed by atoms with Gasteiger partial charge >= 0.3 is 11.9 Å². The second-order valence-electron chi connectivity index (χ2n) is 14.2. The van der Waals surface area contributed by atoms with Gasteiger partial charge in [-0.05, 0) is 64.2 Å². The molecule has 0 heterocycles. The normalized spacial score (nSPS) is 12.1. The van der Waals surface area contributed by atoms with E-state index in [2.05, 4.69) is 38.2 Å². The Morgan fingerprint density at radius 1 is 0.490 bits per heavy atom. The zero-order chi connectivity index (χ0) is 37.5. The number of hydrogen-bond acceptors (Lipinski definition) is 7. The second kappa shape index (κ2) is 38.0. The van der Waals surface area contributed by atoms with E-state index < -0.39 is 15.9 Å². The molecular formula is C42H79NO7S. The van der Waals surface area contributed by atoms with E-state index in [0.717, 1.165) is 51.4 Å². The van der Waals surface area contributed by atoms with Gasteiger partial charge in [-0.3, -0.25) is 19.0 Å². The molecular weight excluding hydrogens is 663 g/mol. The molecule has 0 saturated heterocycles. The quantitative estimate of drug-likeness (QED) is 0.0287. The van der Waals surface area contributed by atoms with E-state index in [0.29, 0.717) is 25.9 Å². The van der Waals surface area contributed by atoms with Crippen LogP contribution in [0.25, 0.3) is 0 Å². The molecule has 0 aliphatic rings. The van der Waals surface area contributed by atoms with Gasteiger partial charge in [0.05, 0.1) is 5.75 Å². The monoisotopic (exact) mass is 742 g/mol. The lowest BCUT2D eigenvalue weighted by Crippen LogP contribution is -2.35. The molecule has 0 aromatic carbocycles. The maximum Gasteiger partial charge on any atom is 0.305 e. The number of hydrogen-bond donors (Lipinski definition) is 1. The van der Waals surface area contributed by atoms with Crippen LogP contribution in [-0.2, 0) is 29.2 Å². The Kier molecular flexibility index (Phi) is 36.8. The number of allylic oxidation sites excluding steroid dienone is 4. The largest absolute Gasteiger partial charge is 0.464 e. The fraction of sp³-hybridized carbons (Fsp3) is 0.857. The SMILES string of the molecule is CCCCCCCC/C=C/CCCCCCCC(=O)OCCN(CCOC(=O)CCCCCCC/C=C/CCCCCCCC)CCS(=O)(=O)O. The number of unbranched alkanes of at least 4 members (excludes halogenated alkanes) is 22. The van der Waals surface area contributed by atoms with Crippen LogP contribution in [-0.4, -0.2) is 68.4 Å². The van der Waals surface area contributed by atoms with Crippen LogP contribution in [0, 0.1) is 0 Å². The zero-order valence-corrected chi connectivity index (χ0v) is 33.9. The van der Waals surface area contributed by atoms with Crippen LogP contribution >= 0.6 is 0 Å². The smallest absolute Gasteiger partial charge is 0.305 e. The summed E-state index contributed by atoms with van der Waals surface area (Å²) >= 11 is 0. The number of carbonyl (C=O) groups excluding carboxylic acids is 2. The Morgan fingerprint density at radius 2 is 0.804 bits per heavy atom. The molecule has 8 nitrogen and oxygen atoms in total. The van der Waals surface area contributed by atoms with Crippen molar-refractivity contribution in [2.75, 3.05) is 38.6 Å². The molecule has 0 saturated carbocycles. The van der Waals surface area contributed by atoms with Crippen molar-refractivity contribution in [2.24, 2.45) is 0 Å². The maximum atomic E-state index is 12.2. The topological polar surface area (TPSA) is 110 Å². The van der Waals surface area contributed by atoms with Crippen LogP contribution < -0.4 is 0 Å². The Bertz CT molecular complexity index is 893. The van der Waals surface area contributed by atoms with Gasteiger partial charge < -0.3 is 9.47 Å². The molecule has 51 heavy (non-hydrogen) atoms. The van der Waals surface area contributed by atoms with Gasteiger partial charge in [0, 0.05) is 32.5 Å². The number of esters is 2. The number of nitrogens with zero attached hydrogens (tertiary/aromatic N) is 1. The summed E-state index contributed by atoms with van der Waals surface area (Å²) in [7, 11) is -4.13. The molecule has 0 bridgehead atoms. The Morgan fingerprint density at radius 3 is 1.14 bits per heavy atom. The van der Waals surface area contributed by atoms with Crippen molar-refractivity contribution >= 4 is 22.1 Å². The van der Waals surface area contributed by atoms with Gasteiger partial charge in [-0.15, -0.1) is 0 Å². The lowest BCUT2D eigenvalue weighted by molar-refractivity contribution is -0.144. The molecule has 0 aromatic rings. The first-order valence-corrected chi connectivity index (χ1v) is 22.7. The summed E-state index contributed by atoms with van der Waals surface area (Å²) in [6, 6.07) is 0. The minimum Gasteiger partial charge on any atom is -0.464 e. The number of ether oxygens (including phenoxy) is 2. The van der Waals surface area contributed by atoms with Crippen LogP contribution in [0.1, 0.15) is 194 Å². The first kappa shape index (κ1) is 49.3. The minimum absolute atomic E-state index is 0.0659. The van der Waals surface area contributed by atoms with Gasteiger partial charge in [0.2, 0.25) is 0 Å². The van der Waals surface area contributed by atoms with Gasteiger partial charge in [-0.25, -0.2) is 0 Å². The third-order valence-corrected chi connectivity index (χ3v) is 9.99. The third-order valence-electron chi connectivity index (χ3n) is 9.29. The van der Waals surface area contributed by atoms with Crippen LogP contribution in [0.5, 0.6) is 0 Å². The van der Waals surface area contributed by atoms with E-state index in [-0.39, 0.29) is 31.7 Å². The maximum absolute atomic E-state index is 12.2. The van der Waals surface area contributed by atoms with Crippen molar-refractivity contribution in [3.8, 4) is 0 Å². The molecule has 0 rings (SSSR count). The predicted octanol–water partition coefficient (Wildman–Crippen LogP) is 11.3. The van der Waals surface area contributed by atoms with Crippen LogP contribution in [0.4, 0.5) is 0 Å². The Labute approximate surface area is 314 Å². The Hall–Kier alpha value is -1.71. The van der Waals surface area contributed by atoms with Crippen molar-refractivity contribution in [3.63, 3.8) is 0 Å². The van der Waals surface area contributed by atoms with Crippen LogP contribution in [0.3, 0.4) is 0 Å². The van der Waals surface area contributed by atoms with Crippen molar-refractivity contribution < 1.29 is 32.0 Å². The van der Waals surface area contributed by atoms with Crippen LogP contribution in [0.2, 0.25) is 0 Å². The standard InChI is InChI=1S/C42H79NO7S/c1-3-5-7-9-11-13-15-17-19-21-23-25-27-29-31-33-41(44)49-38-35-43(37-40-51(46,47)48)36-39-50-42(45)34-32-30-28-26-24-22-20-18-16-14-12-10-8-6-4-2/h17-20H,3-16,21-40H2,1-2H3,(H,46,47,48)/b19-17+,20-18+. The first-order valence-electron chi connectivity index (χ1n) is 21.1. The molecule has 0 aliphatic carbocycles. The zero-order valence-electron chi connectivity index (χ0n) is 33.1. The Balaban J connectivity index is 3.91. The van der Waals surface area contributed by atoms with E-state index in [1.807, 2.05) is 0 Å². The molecule has 9 heteroatoms. The van der Waals surface area contributed by atoms with E-state index in [1.54, 1.807) is 4.90 Å². The fourth-order valence-corrected chi connectivity index (χ4v) is 6.47. The lowest BCUT2D eigenvalue weighted by Gasteiger charge is -2.21. The molecule has 0 aromatic heterocycles.